The van der Waals surface area contributed by atoms with Crippen molar-refractivity contribution in [3.05, 3.63) is 46.4 Å². The van der Waals surface area contributed by atoms with Crippen LogP contribution in [0.4, 0.5) is 0 Å². The van der Waals surface area contributed by atoms with Crippen LogP contribution in [0.2, 0.25) is 0 Å². The lowest BCUT2D eigenvalue weighted by atomic mass is 10.1. The fraction of sp³-hybridized carbons (Fsp3) is 0.231. The average Bonchev–Trinajstić information content (AvgIpc) is 2.96. The molecule has 0 spiro atoms. The van der Waals surface area contributed by atoms with Gasteiger partial charge < -0.3 is 4.74 Å². The molecule has 0 unspecified atom stereocenters. The Hall–Kier alpha value is -2.70. The number of nitrogens with zero attached hydrogens (tertiary/aromatic N) is 4. The predicted octanol–water partition coefficient (Wildman–Crippen LogP) is 1.13. The molecule has 0 fully saturated rings. The molecule has 0 aliphatic rings. The van der Waals surface area contributed by atoms with Gasteiger partial charge in [-0.05, 0) is 24.6 Å². The first-order valence-corrected chi connectivity index (χ1v) is 6.13. The van der Waals surface area contributed by atoms with Crippen molar-refractivity contribution in [3.63, 3.8) is 0 Å². The molecule has 0 saturated carbocycles. The first kappa shape index (κ1) is 12.3. The standard InChI is InChI=1S/C13H13N5O2/c1-8(9-3-5-10(20-2)6-4-9)18-13(19)12-11(15-17-18)7-14-16-12/h3-8H,1-2H3,(H,14,16)/t8-/m1/s1. The van der Waals surface area contributed by atoms with Crippen LogP contribution < -0.4 is 10.3 Å². The van der Waals surface area contributed by atoms with Crippen LogP contribution in [-0.4, -0.2) is 32.3 Å². The Labute approximate surface area is 114 Å². The van der Waals surface area contributed by atoms with Crippen molar-refractivity contribution >= 4 is 11.0 Å². The molecule has 0 amide bonds. The molecule has 1 aromatic carbocycles. The summed E-state index contributed by atoms with van der Waals surface area (Å²) in [6.07, 6.45) is 1.48. The van der Waals surface area contributed by atoms with Crippen LogP contribution in [0, 0.1) is 0 Å². The predicted molar refractivity (Wildman–Crippen MR) is 72.8 cm³/mol. The van der Waals surface area contributed by atoms with E-state index in [1.54, 1.807) is 7.11 Å². The van der Waals surface area contributed by atoms with E-state index >= 15 is 0 Å². The summed E-state index contributed by atoms with van der Waals surface area (Å²) in [6.45, 7) is 1.89. The van der Waals surface area contributed by atoms with Gasteiger partial charge >= 0.3 is 0 Å². The highest BCUT2D eigenvalue weighted by Crippen LogP contribution is 2.19. The second kappa shape index (κ2) is 4.76. The maximum absolute atomic E-state index is 12.3. The van der Waals surface area contributed by atoms with Gasteiger partial charge in [0.25, 0.3) is 5.56 Å². The van der Waals surface area contributed by atoms with Gasteiger partial charge in [0.1, 0.15) is 11.3 Å². The van der Waals surface area contributed by atoms with E-state index in [2.05, 4.69) is 20.5 Å². The maximum Gasteiger partial charge on any atom is 0.296 e. The van der Waals surface area contributed by atoms with Crippen molar-refractivity contribution in [2.24, 2.45) is 0 Å². The van der Waals surface area contributed by atoms with E-state index in [0.717, 1.165) is 11.3 Å². The van der Waals surface area contributed by atoms with E-state index in [0.29, 0.717) is 11.0 Å². The van der Waals surface area contributed by atoms with E-state index in [-0.39, 0.29) is 11.6 Å². The van der Waals surface area contributed by atoms with Gasteiger partial charge in [0, 0.05) is 0 Å². The summed E-state index contributed by atoms with van der Waals surface area (Å²) < 4.78 is 6.45. The molecule has 7 heteroatoms. The molecular weight excluding hydrogens is 258 g/mol. The first-order valence-electron chi connectivity index (χ1n) is 6.13. The zero-order valence-corrected chi connectivity index (χ0v) is 11.1. The molecule has 0 saturated heterocycles. The Morgan fingerprint density at radius 3 is 2.75 bits per heavy atom. The second-order valence-corrected chi connectivity index (χ2v) is 4.42. The summed E-state index contributed by atoms with van der Waals surface area (Å²) in [7, 11) is 1.61. The number of rotatable bonds is 3. The van der Waals surface area contributed by atoms with Crippen molar-refractivity contribution in [1.82, 2.24) is 25.2 Å². The fourth-order valence-corrected chi connectivity index (χ4v) is 2.04. The van der Waals surface area contributed by atoms with Crippen molar-refractivity contribution in [2.75, 3.05) is 7.11 Å². The van der Waals surface area contributed by atoms with Crippen LogP contribution in [-0.2, 0) is 0 Å². The molecule has 1 atom stereocenters. The molecule has 1 N–H and O–H groups in total. The van der Waals surface area contributed by atoms with E-state index in [1.807, 2.05) is 31.2 Å². The highest BCUT2D eigenvalue weighted by Gasteiger charge is 2.14. The zero-order valence-electron chi connectivity index (χ0n) is 11.1. The maximum atomic E-state index is 12.3. The third-order valence-electron chi connectivity index (χ3n) is 3.26. The summed E-state index contributed by atoms with van der Waals surface area (Å²) >= 11 is 0. The monoisotopic (exact) mass is 271 g/mol. The van der Waals surface area contributed by atoms with E-state index < -0.39 is 0 Å². The number of nitrogens with one attached hydrogen (secondary N) is 1. The first-order chi connectivity index (χ1) is 9.70. The third-order valence-corrected chi connectivity index (χ3v) is 3.26. The van der Waals surface area contributed by atoms with E-state index in [4.69, 9.17) is 4.74 Å². The van der Waals surface area contributed by atoms with Gasteiger partial charge in [0.2, 0.25) is 0 Å². The van der Waals surface area contributed by atoms with Gasteiger partial charge in [0.15, 0.2) is 5.52 Å². The molecule has 20 heavy (non-hydrogen) atoms. The van der Waals surface area contributed by atoms with Crippen LogP contribution in [0.3, 0.4) is 0 Å². The van der Waals surface area contributed by atoms with Crippen LogP contribution in [0.5, 0.6) is 5.75 Å². The number of benzene rings is 1. The minimum atomic E-state index is -0.240. The quantitative estimate of drug-likeness (QED) is 0.771. The largest absolute Gasteiger partial charge is 0.497 e. The van der Waals surface area contributed by atoms with Gasteiger partial charge in [-0.1, -0.05) is 17.3 Å². The average molecular weight is 271 g/mol. The topological polar surface area (TPSA) is 85.7 Å². The summed E-state index contributed by atoms with van der Waals surface area (Å²) in [4.78, 5) is 12.3. The second-order valence-electron chi connectivity index (χ2n) is 4.42. The molecule has 3 aromatic rings. The van der Waals surface area contributed by atoms with Gasteiger partial charge in [-0.2, -0.15) is 5.10 Å². The summed E-state index contributed by atoms with van der Waals surface area (Å²) in [5.74, 6) is 0.767. The summed E-state index contributed by atoms with van der Waals surface area (Å²) in [5, 5.41) is 14.4. The molecular formula is C13H13N5O2. The number of methoxy groups -OCH3 is 1. The van der Waals surface area contributed by atoms with Gasteiger partial charge in [0.05, 0.1) is 19.3 Å². The van der Waals surface area contributed by atoms with Crippen LogP contribution in [0.1, 0.15) is 18.5 Å². The van der Waals surface area contributed by atoms with Crippen LogP contribution in [0.25, 0.3) is 11.0 Å². The van der Waals surface area contributed by atoms with E-state index in [9.17, 15) is 4.79 Å². The Kier molecular flexibility index (Phi) is 2.94. The van der Waals surface area contributed by atoms with E-state index in [1.165, 1.54) is 10.9 Å². The molecule has 0 aliphatic heterocycles. The Morgan fingerprint density at radius 2 is 2.05 bits per heavy atom. The normalized spacial score (nSPS) is 12.5. The van der Waals surface area contributed by atoms with Crippen LogP contribution in [0.15, 0.2) is 35.3 Å². The lowest BCUT2D eigenvalue weighted by molar-refractivity contribution is 0.414. The Morgan fingerprint density at radius 1 is 1.30 bits per heavy atom. The molecule has 2 aromatic heterocycles. The highest BCUT2D eigenvalue weighted by atomic mass is 16.5. The molecule has 3 rings (SSSR count). The molecule has 102 valence electrons. The number of aromatic nitrogens is 5. The summed E-state index contributed by atoms with van der Waals surface area (Å²) in [5.41, 5.74) is 1.53. The fourth-order valence-electron chi connectivity index (χ4n) is 2.04. The molecule has 0 aliphatic carbocycles. The van der Waals surface area contributed by atoms with Gasteiger partial charge in [-0.25, -0.2) is 4.68 Å². The number of hydrogen-bond donors (Lipinski definition) is 1. The lowest BCUT2D eigenvalue weighted by Crippen LogP contribution is -2.27. The van der Waals surface area contributed by atoms with Crippen molar-refractivity contribution in [1.29, 1.82) is 0 Å². The minimum absolute atomic E-state index is 0.228. The molecule has 7 nitrogen and oxygen atoms in total. The SMILES string of the molecule is COc1ccc([C@@H](C)n2nnc3cn[nH]c3c2=O)cc1. The summed E-state index contributed by atoms with van der Waals surface area (Å²) in [6, 6.07) is 7.26. The van der Waals surface area contributed by atoms with Crippen molar-refractivity contribution in [3.8, 4) is 5.75 Å². The van der Waals surface area contributed by atoms with Crippen molar-refractivity contribution in [2.45, 2.75) is 13.0 Å². The number of fused-ring (bicyclic) bond motifs is 1. The zero-order chi connectivity index (χ0) is 14.1. The minimum Gasteiger partial charge on any atom is -0.497 e. The van der Waals surface area contributed by atoms with Crippen LogP contribution >= 0.6 is 0 Å². The molecule has 0 bridgehead atoms. The molecule has 2 heterocycles. The number of aromatic amines is 1. The van der Waals surface area contributed by atoms with Gasteiger partial charge in [-0.3, -0.25) is 9.89 Å². The third kappa shape index (κ3) is 1.93. The smallest absolute Gasteiger partial charge is 0.296 e. The highest BCUT2D eigenvalue weighted by molar-refractivity contribution is 5.70. The lowest BCUT2D eigenvalue weighted by Gasteiger charge is -2.13. The Balaban J connectivity index is 2.04. The number of hydrogen-bond acceptors (Lipinski definition) is 5. The van der Waals surface area contributed by atoms with Crippen molar-refractivity contribution < 1.29 is 4.74 Å². The molecule has 0 radical (unpaired) electrons. The number of ether oxygens (including phenoxy) is 1. The number of H-pyrrole nitrogens is 1. The van der Waals surface area contributed by atoms with Gasteiger partial charge in [-0.15, -0.1) is 5.10 Å². The Bertz CT molecular complexity index is 790.